The lowest BCUT2D eigenvalue weighted by Gasteiger charge is -2.71. The van der Waals surface area contributed by atoms with Crippen molar-refractivity contribution < 1.29 is 24.2 Å². The summed E-state index contributed by atoms with van der Waals surface area (Å²) in [6, 6.07) is 0. The van der Waals surface area contributed by atoms with E-state index in [0.29, 0.717) is 23.7 Å². The molecule has 0 spiro atoms. The molecule has 7 aliphatic rings. The average Bonchev–Trinajstić information content (AvgIpc) is 3.35. The molecule has 0 aromatic heterocycles. The predicted octanol–water partition coefficient (Wildman–Crippen LogP) is 9.44. The average molecular weight is 623 g/mol. The maximum absolute atomic E-state index is 13.1. The number of hydrogen-bond donors (Lipinski definition) is 1. The first-order valence-electron chi connectivity index (χ1n) is 18.7. The molecule has 1 saturated heterocycles. The van der Waals surface area contributed by atoms with E-state index in [1.807, 2.05) is 0 Å². The minimum Gasteiger partial charge on any atom is -0.481 e. The van der Waals surface area contributed by atoms with Crippen LogP contribution in [0.15, 0.2) is 11.6 Å². The van der Waals surface area contributed by atoms with Gasteiger partial charge in [-0.05, 0) is 134 Å². The maximum atomic E-state index is 13.1. The quantitative estimate of drug-likeness (QED) is 0.193. The molecule has 0 amide bonds. The number of carboxylic acid groups (broad SMARTS) is 1. The van der Waals surface area contributed by atoms with Crippen molar-refractivity contribution in [3.8, 4) is 0 Å². The number of rotatable bonds is 3. The molecule has 1 heterocycles. The largest absolute Gasteiger partial charge is 0.481 e. The highest BCUT2D eigenvalue weighted by Gasteiger charge is 2.69. The van der Waals surface area contributed by atoms with Crippen molar-refractivity contribution in [1.82, 2.24) is 0 Å². The molecule has 5 saturated carbocycles. The lowest BCUT2D eigenvalue weighted by Crippen LogP contribution is -2.65. The zero-order valence-corrected chi connectivity index (χ0v) is 29.8. The summed E-state index contributed by atoms with van der Waals surface area (Å²) < 4.78 is 13.0. The SMILES string of the molecule is CC1CCC2C(C)C(OC3CCC4(C)C(CCC5(C)C4CC=C4C6CC(C)(C)CCC6(C(=O)O)CCC45C)C3(C)C)OC(=O)C12. The Bertz CT molecular complexity index is 1280. The Balaban J connectivity index is 1.16. The second kappa shape index (κ2) is 10.1. The van der Waals surface area contributed by atoms with Crippen molar-refractivity contribution in [2.24, 2.45) is 73.9 Å². The van der Waals surface area contributed by atoms with Gasteiger partial charge in [-0.2, -0.15) is 0 Å². The fourth-order valence-electron chi connectivity index (χ4n) is 13.9. The van der Waals surface area contributed by atoms with Crippen molar-refractivity contribution in [2.75, 3.05) is 0 Å². The van der Waals surface area contributed by atoms with Crippen LogP contribution in [0.4, 0.5) is 0 Å². The van der Waals surface area contributed by atoms with E-state index in [9.17, 15) is 14.7 Å². The second-order valence-electron chi connectivity index (χ2n) is 19.6. The van der Waals surface area contributed by atoms with Gasteiger partial charge in [-0.1, -0.05) is 74.0 Å². The van der Waals surface area contributed by atoms with Crippen LogP contribution >= 0.6 is 0 Å². The van der Waals surface area contributed by atoms with Crippen LogP contribution in [0.25, 0.3) is 0 Å². The number of ether oxygens (including phenoxy) is 2. The first kappa shape index (κ1) is 32.2. The van der Waals surface area contributed by atoms with Crippen LogP contribution in [-0.4, -0.2) is 29.4 Å². The Labute approximate surface area is 273 Å². The molecule has 0 bridgehead atoms. The summed E-state index contributed by atoms with van der Waals surface area (Å²) in [5.74, 6) is 1.76. The molecule has 6 aliphatic carbocycles. The first-order chi connectivity index (χ1) is 20.9. The highest BCUT2D eigenvalue weighted by atomic mass is 16.7. The van der Waals surface area contributed by atoms with Crippen molar-refractivity contribution in [2.45, 2.75) is 152 Å². The maximum Gasteiger partial charge on any atom is 0.311 e. The van der Waals surface area contributed by atoms with Gasteiger partial charge in [0.1, 0.15) is 0 Å². The number of fused-ring (bicyclic) bond motifs is 8. The highest BCUT2D eigenvalue weighted by molar-refractivity contribution is 5.77. The highest BCUT2D eigenvalue weighted by Crippen LogP contribution is 2.76. The molecule has 1 N–H and O–H groups in total. The van der Waals surface area contributed by atoms with Gasteiger partial charge in [0.15, 0.2) is 0 Å². The van der Waals surface area contributed by atoms with E-state index < -0.39 is 17.7 Å². The van der Waals surface area contributed by atoms with Crippen LogP contribution in [0.3, 0.4) is 0 Å². The molecule has 252 valence electrons. The van der Waals surface area contributed by atoms with E-state index in [4.69, 9.17) is 9.47 Å². The van der Waals surface area contributed by atoms with E-state index in [-0.39, 0.29) is 56.9 Å². The van der Waals surface area contributed by atoms with Gasteiger partial charge in [0.2, 0.25) is 6.29 Å². The molecule has 5 nitrogen and oxygen atoms in total. The van der Waals surface area contributed by atoms with Gasteiger partial charge in [0.25, 0.3) is 0 Å². The second-order valence-corrected chi connectivity index (χ2v) is 19.6. The van der Waals surface area contributed by atoms with E-state index in [1.54, 1.807) is 0 Å². The number of aliphatic carboxylic acids is 1. The van der Waals surface area contributed by atoms with Gasteiger partial charge in [-0.15, -0.1) is 0 Å². The third-order valence-corrected chi connectivity index (χ3v) is 16.9. The fourth-order valence-corrected chi connectivity index (χ4v) is 13.9. The van der Waals surface area contributed by atoms with Crippen LogP contribution < -0.4 is 0 Å². The summed E-state index contributed by atoms with van der Waals surface area (Å²) in [5.41, 5.74) is 1.47. The smallest absolute Gasteiger partial charge is 0.311 e. The Morgan fingerprint density at radius 3 is 2.31 bits per heavy atom. The normalized spacial score (nSPS) is 53.0. The van der Waals surface area contributed by atoms with Crippen LogP contribution in [0, 0.1) is 73.9 Å². The standard InChI is InChI=1S/C40H62O5/c1-23-10-11-25-24(2)33(45-32(41)31(23)25)44-30-15-16-37(7)28(36(30,5)6)14-17-39(9)29(37)13-12-26-27-22-35(3,4)18-20-40(27,34(42)43)21-19-38(26,39)8/h12,23-25,27-31,33H,10-11,13-22H2,1-9H3,(H,42,43). The van der Waals surface area contributed by atoms with Crippen molar-refractivity contribution in [3.05, 3.63) is 11.6 Å². The number of hydrogen-bond acceptors (Lipinski definition) is 4. The van der Waals surface area contributed by atoms with Gasteiger partial charge in [0, 0.05) is 5.92 Å². The predicted molar refractivity (Wildman–Crippen MR) is 176 cm³/mol. The van der Waals surface area contributed by atoms with Gasteiger partial charge in [-0.25, -0.2) is 0 Å². The third kappa shape index (κ3) is 4.26. The fraction of sp³-hybridized carbons (Fsp3) is 0.900. The van der Waals surface area contributed by atoms with Gasteiger partial charge in [-0.3, -0.25) is 9.59 Å². The number of allylic oxidation sites excluding steroid dienone is 2. The van der Waals surface area contributed by atoms with Crippen molar-refractivity contribution in [1.29, 1.82) is 0 Å². The summed E-state index contributed by atoms with van der Waals surface area (Å²) >= 11 is 0. The number of esters is 1. The van der Waals surface area contributed by atoms with Crippen molar-refractivity contribution in [3.63, 3.8) is 0 Å². The zero-order chi connectivity index (χ0) is 32.5. The molecule has 5 heteroatoms. The summed E-state index contributed by atoms with van der Waals surface area (Å²) in [5, 5.41) is 10.7. The minimum absolute atomic E-state index is 0.0242. The number of carbonyl (C=O) groups excluding carboxylic acids is 1. The monoisotopic (exact) mass is 622 g/mol. The Morgan fingerprint density at radius 1 is 0.889 bits per heavy atom. The number of cyclic esters (lactones) is 1. The molecular formula is C40H62O5. The summed E-state index contributed by atoms with van der Waals surface area (Å²) in [6.45, 7) is 21.8. The first-order valence-corrected chi connectivity index (χ1v) is 18.7. The molecule has 7 rings (SSSR count). The third-order valence-electron chi connectivity index (χ3n) is 16.9. The molecule has 0 aromatic carbocycles. The zero-order valence-electron chi connectivity index (χ0n) is 29.8. The number of carboxylic acids is 1. The van der Waals surface area contributed by atoms with E-state index in [0.717, 1.165) is 64.2 Å². The topological polar surface area (TPSA) is 72.8 Å². The minimum atomic E-state index is -0.585. The summed E-state index contributed by atoms with van der Waals surface area (Å²) in [7, 11) is 0. The van der Waals surface area contributed by atoms with Gasteiger partial charge < -0.3 is 14.6 Å². The summed E-state index contributed by atoms with van der Waals surface area (Å²) in [6.07, 6.45) is 14.7. The Morgan fingerprint density at radius 2 is 1.60 bits per heavy atom. The molecule has 0 radical (unpaired) electrons. The van der Waals surface area contributed by atoms with Crippen molar-refractivity contribution >= 4 is 11.9 Å². The van der Waals surface area contributed by atoms with E-state index in [2.05, 4.69) is 68.4 Å². The van der Waals surface area contributed by atoms with Gasteiger partial charge >= 0.3 is 11.9 Å². The lowest BCUT2D eigenvalue weighted by molar-refractivity contribution is -0.271. The Kier molecular flexibility index (Phi) is 7.21. The van der Waals surface area contributed by atoms with Gasteiger partial charge in [0.05, 0.1) is 17.4 Å². The molecule has 1 aliphatic heterocycles. The summed E-state index contributed by atoms with van der Waals surface area (Å²) in [4.78, 5) is 26.1. The lowest BCUT2D eigenvalue weighted by atomic mass is 9.33. The molecular weight excluding hydrogens is 560 g/mol. The number of carbonyl (C=O) groups is 2. The Hall–Kier alpha value is -1.36. The van der Waals surface area contributed by atoms with Crippen LogP contribution in [0.1, 0.15) is 139 Å². The molecule has 0 aromatic rings. The molecule has 6 fully saturated rings. The molecule has 13 atom stereocenters. The van der Waals surface area contributed by atoms with Crippen LogP contribution in [0.5, 0.6) is 0 Å². The van der Waals surface area contributed by atoms with Crippen LogP contribution in [-0.2, 0) is 19.1 Å². The molecule has 13 unspecified atom stereocenters. The van der Waals surface area contributed by atoms with E-state index >= 15 is 0 Å². The van der Waals surface area contributed by atoms with Crippen LogP contribution in [0.2, 0.25) is 0 Å². The molecule has 45 heavy (non-hydrogen) atoms. The van der Waals surface area contributed by atoms with E-state index in [1.165, 1.54) is 18.4 Å².